The molecule has 3 heteroatoms. The maximum absolute atomic E-state index is 13.4. The van der Waals surface area contributed by atoms with Gasteiger partial charge >= 0.3 is 0 Å². The fourth-order valence-corrected chi connectivity index (χ4v) is 3.10. The fourth-order valence-electron chi connectivity index (χ4n) is 1.42. The molecule has 2 rings (SSSR count). The Balaban J connectivity index is 2.87. The molecule has 0 unspecified atom stereocenters. The minimum atomic E-state index is -0.0979. The van der Waals surface area contributed by atoms with E-state index in [-0.39, 0.29) is 5.82 Å². The molecule has 13 heavy (non-hydrogen) atoms. The maximum atomic E-state index is 13.4. The Morgan fingerprint density at radius 2 is 2.23 bits per heavy atom. The summed E-state index contributed by atoms with van der Waals surface area (Å²) in [5.74, 6) is -0.0979. The van der Waals surface area contributed by atoms with Gasteiger partial charge in [-0.15, -0.1) is 23.1 Å². The molecule has 1 aromatic heterocycles. The molecule has 0 saturated carbocycles. The van der Waals surface area contributed by atoms with Gasteiger partial charge in [0.2, 0.25) is 0 Å². The highest BCUT2D eigenvalue weighted by molar-refractivity contribution is 7.98. The van der Waals surface area contributed by atoms with Gasteiger partial charge in [0, 0.05) is 15.0 Å². The van der Waals surface area contributed by atoms with Crippen LogP contribution in [0, 0.1) is 12.7 Å². The van der Waals surface area contributed by atoms with Crippen LogP contribution in [0.4, 0.5) is 4.39 Å². The van der Waals surface area contributed by atoms with Gasteiger partial charge in [0.05, 0.1) is 0 Å². The first-order valence-corrected chi connectivity index (χ1v) is 6.04. The number of halogens is 1. The second-order valence-electron chi connectivity index (χ2n) is 2.85. The Morgan fingerprint density at radius 1 is 1.46 bits per heavy atom. The van der Waals surface area contributed by atoms with Crippen molar-refractivity contribution in [1.82, 2.24) is 0 Å². The second-order valence-corrected chi connectivity index (χ2v) is 4.61. The largest absolute Gasteiger partial charge is 0.207 e. The third-order valence-corrected chi connectivity index (χ3v) is 3.90. The number of hydrogen-bond donors (Lipinski definition) is 0. The number of thiophene rings is 1. The molecule has 0 radical (unpaired) electrons. The van der Waals surface area contributed by atoms with Crippen LogP contribution in [0.5, 0.6) is 0 Å². The molecule has 0 atom stereocenters. The average molecular weight is 212 g/mol. The van der Waals surface area contributed by atoms with Crippen LogP contribution in [0.1, 0.15) is 5.56 Å². The minimum Gasteiger partial charge on any atom is -0.207 e. The maximum Gasteiger partial charge on any atom is 0.128 e. The average Bonchev–Trinajstić information content (AvgIpc) is 2.54. The van der Waals surface area contributed by atoms with E-state index >= 15 is 0 Å². The predicted molar refractivity (Wildman–Crippen MR) is 58.3 cm³/mol. The van der Waals surface area contributed by atoms with E-state index in [0.717, 1.165) is 15.2 Å². The molecule has 0 spiro atoms. The summed E-state index contributed by atoms with van der Waals surface area (Å²) in [4.78, 5) is 1.07. The topological polar surface area (TPSA) is 0 Å². The van der Waals surface area contributed by atoms with Crippen LogP contribution in [0.2, 0.25) is 0 Å². The molecule has 0 aliphatic rings. The molecule has 1 heterocycles. The molecule has 0 amide bonds. The Kier molecular flexibility index (Phi) is 2.30. The standard InChI is InChI=1S/C10H9FS2/c1-6-8(11)5-9-7(3-4-13-9)10(6)12-2/h3-5H,1-2H3. The fraction of sp³-hybridized carbons (Fsp3) is 0.200. The highest BCUT2D eigenvalue weighted by atomic mass is 32.2. The Labute approximate surface area is 84.8 Å². The summed E-state index contributed by atoms with van der Waals surface area (Å²) in [5, 5.41) is 3.18. The van der Waals surface area contributed by atoms with E-state index in [9.17, 15) is 4.39 Å². The van der Waals surface area contributed by atoms with Crippen molar-refractivity contribution < 1.29 is 4.39 Å². The van der Waals surface area contributed by atoms with Crippen LogP contribution >= 0.6 is 23.1 Å². The van der Waals surface area contributed by atoms with Crippen LogP contribution in [0.25, 0.3) is 10.1 Å². The van der Waals surface area contributed by atoms with Gasteiger partial charge in [0.25, 0.3) is 0 Å². The van der Waals surface area contributed by atoms with Crippen LogP contribution in [-0.2, 0) is 0 Å². The summed E-state index contributed by atoms with van der Waals surface area (Å²) in [7, 11) is 0. The van der Waals surface area contributed by atoms with E-state index in [4.69, 9.17) is 0 Å². The summed E-state index contributed by atoms with van der Waals surface area (Å²) in [5.41, 5.74) is 0.762. The lowest BCUT2D eigenvalue weighted by molar-refractivity contribution is 0.616. The van der Waals surface area contributed by atoms with E-state index in [1.807, 2.05) is 18.6 Å². The SMILES string of the molecule is CSc1c(C)c(F)cc2sccc12. The summed E-state index contributed by atoms with van der Waals surface area (Å²) in [6.07, 6.45) is 1.98. The van der Waals surface area contributed by atoms with Crippen molar-refractivity contribution in [3.63, 3.8) is 0 Å². The Morgan fingerprint density at radius 3 is 2.92 bits per heavy atom. The smallest absolute Gasteiger partial charge is 0.128 e. The minimum absolute atomic E-state index is 0.0979. The lowest BCUT2D eigenvalue weighted by Crippen LogP contribution is -1.85. The molecule has 0 N–H and O–H groups in total. The van der Waals surface area contributed by atoms with Crippen LogP contribution in [-0.4, -0.2) is 6.26 Å². The van der Waals surface area contributed by atoms with Crippen molar-refractivity contribution in [3.05, 3.63) is 28.9 Å². The van der Waals surface area contributed by atoms with E-state index in [0.29, 0.717) is 0 Å². The van der Waals surface area contributed by atoms with Gasteiger partial charge in [0.15, 0.2) is 0 Å². The molecule has 68 valence electrons. The van der Waals surface area contributed by atoms with Crippen molar-refractivity contribution in [2.45, 2.75) is 11.8 Å². The molecular weight excluding hydrogens is 203 g/mol. The van der Waals surface area contributed by atoms with Crippen molar-refractivity contribution in [3.8, 4) is 0 Å². The Hall–Kier alpha value is -0.540. The van der Waals surface area contributed by atoms with Gasteiger partial charge in [0.1, 0.15) is 5.82 Å². The van der Waals surface area contributed by atoms with E-state index in [1.165, 1.54) is 5.39 Å². The summed E-state index contributed by atoms with van der Waals surface area (Å²) >= 11 is 3.20. The van der Waals surface area contributed by atoms with E-state index in [2.05, 4.69) is 6.07 Å². The zero-order chi connectivity index (χ0) is 9.42. The zero-order valence-electron chi connectivity index (χ0n) is 7.43. The van der Waals surface area contributed by atoms with Gasteiger partial charge in [-0.05, 0) is 36.3 Å². The first-order chi connectivity index (χ1) is 6.24. The molecule has 0 aliphatic carbocycles. The third kappa shape index (κ3) is 1.36. The summed E-state index contributed by atoms with van der Waals surface area (Å²) < 4.78 is 14.4. The van der Waals surface area contributed by atoms with Crippen molar-refractivity contribution in [2.24, 2.45) is 0 Å². The highest BCUT2D eigenvalue weighted by Crippen LogP contribution is 2.34. The summed E-state index contributed by atoms with van der Waals surface area (Å²) in [6.45, 7) is 1.83. The number of benzene rings is 1. The molecule has 0 nitrogen and oxygen atoms in total. The van der Waals surface area contributed by atoms with Crippen LogP contribution in [0.15, 0.2) is 22.4 Å². The number of thioether (sulfide) groups is 1. The zero-order valence-corrected chi connectivity index (χ0v) is 9.06. The van der Waals surface area contributed by atoms with Gasteiger partial charge in [-0.25, -0.2) is 4.39 Å². The lowest BCUT2D eigenvalue weighted by Gasteiger charge is -2.05. The molecule has 0 fully saturated rings. The Bertz CT molecular complexity index is 445. The van der Waals surface area contributed by atoms with Crippen molar-refractivity contribution in [2.75, 3.05) is 6.26 Å². The van der Waals surface area contributed by atoms with Crippen LogP contribution in [0.3, 0.4) is 0 Å². The number of fused-ring (bicyclic) bond motifs is 1. The molecule has 2 aromatic rings. The summed E-state index contributed by atoms with van der Waals surface area (Å²) in [6, 6.07) is 3.67. The van der Waals surface area contributed by atoms with Gasteiger partial charge < -0.3 is 0 Å². The first kappa shape index (κ1) is 9.03. The van der Waals surface area contributed by atoms with Gasteiger partial charge in [-0.2, -0.15) is 0 Å². The number of hydrogen-bond acceptors (Lipinski definition) is 2. The highest BCUT2D eigenvalue weighted by Gasteiger charge is 2.09. The second kappa shape index (κ2) is 3.31. The van der Waals surface area contributed by atoms with E-state index < -0.39 is 0 Å². The van der Waals surface area contributed by atoms with Crippen LogP contribution < -0.4 is 0 Å². The lowest BCUT2D eigenvalue weighted by atomic mass is 10.2. The number of rotatable bonds is 1. The van der Waals surface area contributed by atoms with Gasteiger partial charge in [-0.3, -0.25) is 0 Å². The monoisotopic (exact) mass is 212 g/mol. The molecular formula is C10H9FS2. The first-order valence-electron chi connectivity index (χ1n) is 3.94. The predicted octanol–water partition coefficient (Wildman–Crippen LogP) is 4.07. The normalized spacial score (nSPS) is 11.0. The molecule has 0 saturated heterocycles. The van der Waals surface area contributed by atoms with Gasteiger partial charge in [-0.1, -0.05) is 0 Å². The van der Waals surface area contributed by atoms with E-state index in [1.54, 1.807) is 29.2 Å². The van der Waals surface area contributed by atoms with Crippen molar-refractivity contribution >= 4 is 33.2 Å². The quantitative estimate of drug-likeness (QED) is 0.642. The third-order valence-electron chi connectivity index (χ3n) is 2.10. The molecule has 0 aliphatic heterocycles. The molecule has 1 aromatic carbocycles. The molecule has 0 bridgehead atoms. The van der Waals surface area contributed by atoms with Crippen molar-refractivity contribution in [1.29, 1.82) is 0 Å².